The number of amidine groups is 1. The largest absolute Gasteiger partial charge is 0.481 e. The summed E-state index contributed by atoms with van der Waals surface area (Å²) in [7, 11) is 0. The Morgan fingerprint density at radius 3 is 2.81 bits per heavy atom. The molecule has 0 spiro atoms. The normalized spacial score (nSPS) is 21.0. The molecule has 11 nitrogen and oxygen atoms in total. The van der Waals surface area contributed by atoms with Gasteiger partial charge in [-0.15, -0.1) is 23.1 Å². The van der Waals surface area contributed by atoms with Gasteiger partial charge in [-0.25, -0.2) is 4.79 Å². The number of aryl methyl sites for hydroxylation is 2. The molecule has 3 rings (SSSR count). The Kier molecular flexibility index (Phi) is 7.51. The third-order valence-electron chi connectivity index (χ3n) is 4.93. The predicted molar refractivity (Wildman–Crippen MR) is 120 cm³/mol. The first kappa shape index (κ1) is 23.7. The van der Waals surface area contributed by atoms with Crippen LogP contribution in [0.25, 0.3) is 0 Å². The highest BCUT2D eigenvalue weighted by molar-refractivity contribution is 8.02. The van der Waals surface area contributed by atoms with Crippen LogP contribution < -0.4 is 16.4 Å². The molecule has 1 aromatic rings. The van der Waals surface area contributed by atoms with Gasteiger partial charge < -0.3 is 21.3 Å². The molecule has 2 aliphatic heterocycles. The van der Waals surface area contributed by atoms with Crippen molar-refractivity contribution in [2.75, 3.05) is 6.54 Å². The second-order valence-corrected chi connectivity index (χ2v) is 9.92. The molecular weight excluding hydrogens is 458 g/mol. The zero-order valence-electron chi connectivity index (χ0n) is 17.2. The number of amides is 2. The van der Waals surface area contributed by atoms with Crippen molar-refractivity contribution in [3.05, 3.63) is 21.4 Å². The van der Waals surface area contributed by atoms with E-state index in [1.54, 1.807) is 6.07 Å². The molecule has 2 amide bonds. The van der Waals surface area contributed by atoms with Gasteiger partial charge in [-0.1, -0.05) is 0 Å². The highest BCUT2D eigenvalue weighted by atomic mass is 32.2. The summed E-state index contributed by atoms with van der Waals surface area (Å²) in [4.78, 5) is 56.4. The summed E-state index contributed by atoms with van der Waals surface area (Å²) >= 11 is 2.76. The zero-order chi connectivity index (χ0) is 23.4. The summed E-state index contributed by atoms with van der Waals surface area (Å²) in [6.07, 6.45) is 0.863. The Balaban J connectivity index is 1.59. The second-order valence-electron chi connectivity index (χ2n) is 7.38. The number of nitrogens with zero attached hydrogens (tertiary/aromatic N) is 2. The van der Waals surface area contributed by atoms with E-state index in [9.17, 15) is 24.3 Å². The molecule has 3 atom stereocenters. The Labute approximate surface area is 191 Å². The molecule has 32 heavy (non-hydrogen) atoms. The van der Waals surface area contributed by atoms with Crippen LogP contribution in [0.15, 0.2) is 16.1 Å². The van der Waals surface area contributed by atoms with Crippen LogP contribution in [-0.2, 0) is 20.8 Å². The Morgan fingerprint density at radius 2 is 2.12 bits per heavy atom. The van der Waals surface area contributed by atoms with Crippen molar-refractivity contribution in [1.82, 2.24) is 10.6 Å². The molecule has 172 valence electrons. The second kappa shape index (κ2) is 10.1. The minimum Gasteiger partial charge on any atom is -0.481 e. The summed E-state index contributed by atoms with van der Waals surface area (Å²) in [6.45, 7) is 2.39. The number of aliphatic imine (C=N–C) groups is 2. The number of aliphatic carboxylic acids is 2. The standard InChI is InChI=1S/C19H23N5O6S2/c1-8-6-12(16(27)22-10(18(29)30)3-5-13(25)26)32-11(8)4-2-9-7-21-15-14(31-9)17(28)24-19(20)23-15/h6,9-10,14H,2-5,7H2,1H3,(H,22,27)(H,25,26)(H,29,30)(H3,20,21,23,24,28)/t9-,10-,14?/m0/s1. The summed E-state index contributed by atoms with van der Waals surface area (Å²) in [5.41, 5.74) is 6.47. The Bertz CT molecular complexity index is 1000. The number of hydrogen-bond acceptors (Lipinski definition) is 9. The van der Waals surface area contributed by atoms with E-state index in [1.807, 2.05) is 6.92 Å². The molecule has 2 aliphatic rings. The van der Waals surface area contributed by atoms with Gasteiger partial charge in [0.25, 0.3) is 5.91 Å². The number of carbonyl (C=O) groups is 4. The maximum atomic E-state index is 12.5. The number of thiophene rings is 1. The van der Waals surface area contributed by atoms with Crippen LogP contribution in [0.5, 0.6) is 0 Å². The van der Waals surface area contributed by atoms with Crippen LogP contribution in [0, 0.1) is 6.92 Å². The molecule has 0 bridgehead atoms. The fraction of sp³-hybridized carbons (Fsp3) is 0.474. The summed E-state index contributed by atoms with van der Waals surface area (Å²) < 4.78 is 0. The summed E-state index contributed by atoms with van der Waals surface area (Å²) in [5, 5.41) is 22.5. The molecule has 6 N–H and O–H groups in total. The first-order valence-corrected chi connectivity index (χ1v) is 11.6. The third-order valence-corrected chi connectivity index (χ3v) is 7.69. The fourth-order valence-corrected chi connectivity index (χ4v) is 5.60. The number of carboxylic acids is 2. The van der Waals surface area contributed by atoms with Crippen molar-refractivity contribution in [2.24, 2.45) is 15.7 Å². The summed E-state index contributed by atoms with van der Waals surface area (Å²) in [6, 6.07) is 0.426. The van der Waals surface area contributed by atoms with Gasteiger partial charge in [-0.2, -0.15) is 4.99 Å². The lowest BCUT2D eigenvalue weighted by atomic mass is 10.1. The van der Waals surface area contributed by atoms with Gasteiger partial charge in [0.15, 0.2) is 0 Å². The SMILES string of the molecule is Cc1cc(C(=O)N[C@@H](CCC(=O)O)C(=O)O)sc1CC[C@H]1CN=C2N=C(N)NC(=O)C2S1. The molecule has 13 heteroatoms. The quantitative estimate of drug-likeness (QED) is 0.335. The predicted octanol–water partition coefficient (Wildman–Crippen LogP) is 0.364. The lowest BCUT2D eigenvalue weighted by Gasteiger charge is -2.28. The highest BCUT2D eigenvalue weighted by Crippen LogP contribution is 2.31. The Morgan fingerprint density at radius 1 is 1.38 bits per heavy atom. The molecule has 0 aliphatic carbocycles. The topological polar surface area (TPSA) is 184 Å². The van der Waals surface area contributed by atoms with Crippen molar-refractivity contribution in [1.29, 1.82) is 0 Å². The maximum absolute atomic E-state index is 12.5. The lowest BCUT2D eigenvalue weighted by molar-refractivity contribution is -0.140. The van der Waals surface area contributed by atoms with E-state index < -0.39 is 29.1 Å². The van der Waals surface area contributed by atoms with Crippen LogP contribution >= 0.6 is 23.1 Å². The van der Waals surface area contributed by atoms with E-state index in [0.717, 1.165) is 16.9 Å². The third kappa shape index (κ3) is 5.85. The van der Waals surface area contributed by atoms with Crippen LogP contribution in [-0.4, -0.2) is 68.8 Å². The van der Waals surface area contributed by atoms with Crippen LogP contribution in [0.4, 0.5) is 0 Å². The summed E-state index contributed by atoms with van der Waals surface area (Å²) in [5.74, 6) is -2.68. The fourth-order valence-electron chi connectivity index (χ4n) is 3.28. The van der Waals surface area contributed by atoms with E-state index in [0.29, 0.717) is 23.7 Å². The van der Waals surface area contributed by atoms with Gasteiger partial charge in [0.05, 0.1) is 11.4 Å². The van der Waals surface area contributed by atoms with Gasteiger partial charge in [0.1, 0.15) is 17.1 Å². The van der Waals surface area contributed by atoms with Crippen molar-refractivity contribution >= 4 is 58.6 Å². The number of nitrogens with one attached hydrogen (secondary N) is 2. The smallest absolute Gasteiger partial charge is 0.326 e. The van der Waals surface area contributed by atoms with Crippen LogP contribution in [0.2, 0.25) is 0 Å². The van der Waals surface area contributed by atoms with E-state index >= 15 is 0 Å². The molecule has 0 saturated heterocycles. The molecule has 3 heterocycles. The van der Waals surface area contributed by atoms with Gasteiger partial charge in [-0.3, -0.25) is 24.7 Å². The minimum atomic E-state index is -1.28. The number of hydrogen-bond donors (Lipinski definition) is 5. The van der Waals surface area contributed by atoms with Crippen LogP contribution in [0.1, 0.15) is 39.4 Å². The first-order chi connectivity index (χ1) is 15.1. The van der Waals surface area contributed by atoms with Gasteiger partial charge in [0, 0.05) is 16.5 Å². The molecule has 0 radical (unpaired) electrons. The number of carbonyl (C=O) groups excluding carboxylic acids is 2. The molecule has 0 aromatic carbocycles. The van der Waals surface area contributed by atoms with Gasteiger partial charge >= 0.3 is 11.9 Å². The Hall–Kier alpha value is -2.93. The van der Waals surface area contributed by atoms with Crippen LogP contribution in [0.3, 0.4) is 0 Å². The van der Waals surface area contributed by atoms with E-state index in [-0.39, 0.29) is 30.0 Å². The average Bonchev–Trinajstić information content (AvgIpc) is 3.10. The lowest BCUT2D eigenvalue weighted by Crippen LogP contribution is -2.51. The maximum Gasteiger partial charge on any atom is 0.326 e. The van der Waals surface area contributed by atoms with Crippen molar-refractivity contribution < 1.29 is 29.4 Å². The molecule has 0 fully saturated rings. The average molecular weight is 482 g/mol. The van der Waals surface area contributed by atoms with Crippen molar-refractivity contribution in [2.45, 2.75) is 49.1 Å². The first-order valence-electron chi connectivity index (χ1n) is 9.83. The molecular formula is C19H23N5O6S2. The number of guanidine groups is 1. The minimum absolute atomic E-state index is 0.0529. The molecule has 1 aromatic heterocycles. The molecule has 1 unspecified atom stereocenters. The molecule has 0 saturated carbocycles. The van der Waals surface area contributed by atoms with Crippen molar-refractivity contribution in [3.63, 3.8) is 0 Å². The van der Waals surface area contributed by atoms with E-state index in [4.69, 9.17) is 10.8 Å². The van der Waals surface area contributed by atoms with Gasteiger partial charge in [-0.05, 0) is 37.8 Å². The monoisotopic (exact) mass is 481 g/mol. The van der Waals surface area contributed by atoms with Gasteiger partial charge in [0.2, 0.25) is 11.9 Å². The number of fused-ring (bicyclic) bond motifs is 1. The van der Waals surface area contributed by atoms with E-state index in [1.165, 1.54) is 23.1 Å². The number of carboxylic acid groups (broad SMARTS) is 2. The number of rotatable bonds is 9. The number of thioether (sulfide) groups is 1. The van der Waals surface area contributed by atoms with E-state index in [2.05, 4.69) is 20.6 Å². The highest BCUT2D eigenvalue weighted by Gasteiger charge is 2.35. The number of nitrogens with two attached hydrogens (primary N) is 1. The zero-order valence-corrected chi connectivity index (χ0v) is 18.8. The van der Waals surface area contributed by atoms with Crippen molar-refractivity contribution in [3.8, 4) is 0 Å².